The van der Waals surface area contributed by atoms with Crippen LogP contribution >= 0.6 is 0 Å². The number of hydrogen-bond donors (Lipinski definition) is 1. The highest BCUT2D eigenvalue weighted by molar-refractivity contribution is 5.14. The van der Waals surface area contributed by atoms with E-state index in [0.717, 1.165) is 18.7 Å². The van der Waals surface area contributed by atoms with Crippen LogP contribution in [0.3, 0.4) is 0 Å². The quantitative estimate of drug-likeness (QED) is 0.798. The molecule has 0 aliphatic heterocycles. The molecule has 4 nitrogen and oxygen atoms in total. The first-order chi connectivity index (χ1) is 6.53. The van der Waals surface area contributed by atoms with E-state index in [4.69, 9.17) is 10.3 Å². The van der Waals surface area contributed by atoms with Gasteiger partial charge in [0.25, 0.3) is 0 Å². The van der Waals surface area contributed by atoms with Gasteiger partial charge >= 0.3 is 0 Å². The van der Waals surface area contributed by atoms with Crippen LogP contribution in [0.4, 0.5) is 0 Å². The summed E-state index contributed by atoms with van der Waals surface area (Å²) in [5.41, 5.74) is 6.08. The second-order valence-electron chi connectivity index (χ2n) is 4.79. The van der Waals surface area contributed by atoms with E-state index < -0.39 is 0 Å². The summed E-state index contributed by atoms with van der Waals surface area (Å²) in [7, 11) is 0. The van der Waals surface area contributed by atoms with E-state index >= 15 is 0 Å². The van der Waals surface area contributed by atoms with Gasteiger partial charge in [-0.05, 0) is 18.8 Å². The molecule has 1 aliphatic carbocycles. The highest BCUT2D eigenvalue weighted by Gasteiger charge is 2.43. The number of nitrogens with two attached hydrogens (primary N) is 1. The van der Waals surface area contributed by atoms with Crippen molar-refractivity contribution in [2.45, 2.75) is 45.1 Å². The van der Waals surface area contributed by atoms with Gasteiger partial charge in [0.15, 0.2) is 5.82 Å². The van der Waals surface area contributed by atoms with Crippen LogP contribution < -0.4 is 5.73 Å². The molecule has 0 bridgehead atoms. The average molecular weight is 195 g/mol. The lowest BCUT2D eigenvalue weighted by Gasteiger charge is -2.09. The van der Waals surface area contributed by atoms with Crippen molar-refractivity contribution in [3.63, 3.8) is 0 Å². The molecule has 78 valence electrons. The SMILES string of the molecule is CC(C)C(N)c1nc(C2(C)CC2)no1. The van der Waals surface area contributed by atoms with Crippen molar-refractivity contribution in [1.82, 2.24) is 10.1 Å². The lowest BCUT2D eigenvalue weighted by molar-refractivity contribution is 0.321. The van der Waals surface area contributed by atoms with E-state index in [1.165, 1.54) is 0 Å². The zero-order valence-electron chi connectivity index (χ0n) is 8.95. The molecule has 0 saturated heterocycles. The van der Waals surface area contributed by atoms with Crippen molar-refractivity contribution < 1.29 is 4.52 Å². The molecule has 1 heterocycles. The monoisotopic (exact) mass is 195 g/mol. The van der Waals surface area contributed by atoms with Gasteiger partial charge in [-0.3, -0.25) is 0 Å². The maximum Gasteiger partial charge on any atom is 0.243 e. The van der Waals surface area contributed by atoms with Crippen LogP contribution in [0.1, 0.15) is 51.4 Å². The van der Waals surface area contributed by atoms with Gasteiger partial charge in [-0.2, -0.15) is 4.98 Å². The van der Waals surface area contributed by atoms with Crippen LogP contribution in [0.2, 0.25) is 0 Å². The Morgan fingerprint density at radius 1 is 1.43 bits per heavy atom. The van der Waals surface area contributed by atoms with Crippen LogP contribution in [0.5, 0.6) is 0 Å². The Balaban J connectivity index is 2.17. The van der Waals surface area contributed by atoms with E-state index in [2.05, 4.69) is 17.1 Å². The summed E-state index contributed by atoms with van der Waals surface area (Å²) in [6.45, 7) is 6.25. The summed E-state index contributed by atoms with van der Waals surface area (Å²) in [6, 6.07) is -0.140. The Bertz CT molecular complexity index is 328. The van der Waals surface area contributed by atoms with Crippen LogP contribution in [-0.4, -0.2) is 10.1 Å². The molecule has 0 radical (unpaired) electrons. The van der Waals surface area contributed by atoms with Crippen molar-refractivity contribution in [3.8, 4) is 0 Å². The fourth-order valence-electron chi connectivity index (χ4n) is 1.31. The molecule has 4 heteroatoms. The molecule has 1 fully saturated rings. The van der Waals surface area contributed by atoms with E-state index in [1.54, 1.807) is 0 Å². The van der Waals surface area contributed by atoms with E-state index in [1.807, 2.05) is 13.8 Å². The van der Waals surface area contributed by atoms with Crippen LogP contribution in [0.15, 0.2) is 4.52 Å². The van der Waals surface area contributed by atoms with Gasteiger partial charge in [-0.15, -0.1) is 0 Å². The highest BCUT2D eigenvalue weighted by atomic mass is 16.5. The third-order valence-corrected chi connectivity index (χ3v) is 2.98. The molecule has 1 aliphatic rings. The molecule has 1 aromatic rings. The third-order valence-electron chi connectivity index (χ3n) is 2.98. The van der Waals surface area contributed by atoms with Crippen molar-refractivity contribution in [2.75, 3.05) is 0 Å². The van der Waals surface area contributed by atoms with Gasteiger partial charge in [0.1, 0.15) is 0 Å². The van der Waals surface area contributed by atoms with Crippen molar-refractivity contribution in [1.29, 1.82) is 0 Å². The average Bonchev–Trinajstić information content (AvgIpc) is 2.69. The second kappa shape index (κ2) is 3.05. The second-order valence-corrected chi connectivity index (χ2v) is 4.79. The summed E-state index contributed by atoms with van der Waals surface area (Å²) in [5.74, 6) is 1.72. The zero-order valence-corrected chi connectivity index (χ0v) is 8.95. The molecular weight excluding hydrogens is 178 g/mol. The summed E-state index contributed by atoms with van der Waals surface area (Å²) in [4.78, 5) is 4.36. The summed E-state index contributed by atoms with van der Waals surface area (Å²) >= 11 is 0. The Morgan fingerprint density at radius 2 is 2.07 bits per heavy atom. The molecule has 2 N–H and O–H groups in total. The van der Waals surface area contributed by atoms with Gasteiger partial charge in [-0.25, -0.2) is 0 Å². The Morgan fingerprint density at radius 3 is 2.57 bits per heavy atom. The van der Waals surface area contributed by atoms with E-state index in [-0.39, 0.29) is 11.5 Å². The van der Waals surface area contributed by atoms with Crippen molar-refractivity contribution >= 4 is 0 Å². The summed E-state index contributed by atoms with van der Waals surface area (Å²) < 4.78 is 5.17. The predicted octanol–water partition coefficient (Wildman–Crippen LogP) is 1.78. The summed E-state index contributed by atoms with van der Waals surface area (Å²) in [5, 5.41) is 3.99. The van der Waals surface area contributed by atoms with Crippen LogP contribution in [0.25, 0.3) is 0 Å². The minimum Gasteiger partial charge on any atom is -0.338 e. The molecule has 14 heavy (non-hydrogen) atoms. The van der Waals surface area contributed by atoms with Crippen molar-refractivity contribution in [3.05, 3.63) is 11.7 Å². The van der Waals surface area contributed by atoms with Gasteiger partial charge < -0.3 is 10.3 Å². The van der Waals surface area contributed by atoms with Gasteiger partial charge in [0.2, 0.25) is 5.89 Å². The number of rotatable bonds is 3. The van der Waals surface area contributed by atoms with E-state index in [9.17, 15) is 0 Å². The maximum absolute atomic E-state index is 5.92. The normalized spacial score (nSPS) is 21.2. The lowest BCUT2D eigenvalue weighted by Crippen LogP contribution is -2.17. The lowest BCUT2D eigenvalue weighted by atomic mass is 10.1. The molecule has 1 aromatic heterocycles. The molecule has 2 rings (SSSR count). The fraction of sp³-hybridized carbons (Fsp3) is 0.800. The van der Waals surface area contributed by atoms with Crippen molar-refractivity contribution in [2.24, 2.45) is 11.7 Å². The third kappa shape index (κ3) is 1.54. The van der Waals surface area contributed by atoms with Gasteiger partial charge in [0.05, 0.1) is 6.04 Å². The van der Waals surface area contributed by atoms with Gasteiger partial charge in [-0.1, -0.05) is 25.9 Å². The first-order valence-electron chi connectivity index (χ1n) is 5.12. The first kappa shape index (κ1) is 9.65. The van der Waals surface area contributed by atoms with E-state index in [0.29, 0.717) is 11.8 Å². The predicted molar refractivity (Wildman–Crippen MR) is 52.7 cm³/mol. The fourth-order valence-corrected chi connectivity index (χ4v) is 1.31. The molecule has 0 amide bonds. The summed E-state index contributed by atoms with van der Waals surface area (Å²) in [6.07, 6.45) is 2.31. The molecule has 0 aromatic carbocycles. The highest BCUT2D eigenvalue weighted by Crippen LogP contribution is 2.46. The molecule has 1 unspecified atom stereocenters. The smallest absolute Gasteiger partial charge is 0.243 e. The maximum atomic E-state index is 5.92. The van der Waals surface area contributed by atoms with Gasteiger partial charge in [0, 0.05) is 5.41 Å². The Hall–Kier alpha value is -0.900. The zero-order chi connectivity index (χ0) is 10.3. The first-order valence-corrected chi connectivity index (χ1v) is 5.12. The Kier molecular flexibility index (Phi) is 2.10. The largest absolute Gasteiger partial charge is 0.338 e. The number of hydrogen-bond acceptors (Lipinski definition) is 4. The standard InChI is InChI=1S/C10H17N3O/c1-6(2)7(11)8-12-9(13-14-8)10(3)4-5-10/h6-7H,4-5,11H2,1-3H3. The molecular formula is C10H17N3O. The number of aromatic nitrogens is 2. The molecule has 1 atom stereocenters. The minimum absolute atomic E-state index is 0.140. The van der Waals surface area contributed by atoms with Crippen LogP contribution in [0, 0.1) is 5.92 Å². The molecule has 0 spiro atoms. The Labute approximate surface area is 83.9 Å². The molecule has 1 saturated carbocycles. The number of nitrogens with zero attached hydrogens (tertiary/aromatic N) is 2. The topological polar surface area (TPSA) is 64.9 Å². The minimum atomic E-state index is -0.140. The van der Waals surface area contributed by atoms with Crippen LogP contribution in [-0.2, 0) is 5.41 Å².